The number of ether oxygens (including phenoxy) is 2. The molecule has 176 valence electrons. The Balaban J connectivity index is 1.72. The Bertz CT molecular complexity index is 1220. The van der Waals surface area contributed by atoms with Crippen molar-refractivity contribution in [3.8, 4) is 5.75 Å². The molecular weight excluding hydrogens is 428 g/mol. The molecule has 0 unspecified atom stereocenters. The third-order valence-electron chi connectivity index (χ3n) is 5.50. The zero-order valence-electron chi connectivity index (χ0n) is 20.0. The minimum atomic E-state index is -0.359. The number of fused-ring (bicyclic) bond motifs is 1. The van der Waals surface area contributed by atoms with Crippen molar-refractivity contribution in [1.29, 1.82) is 0 Å². The highest BCUT2D eigenvalue weighted by Crippen LogP contribution is 2.33. The maximum atomic E-state index is 13.4. The number of nitrogens with zero attached hydrogens (tertiary/aromatic N) is 1. The second-order valence-corrected chi connectivity index (χ2v) is 8.77. The fourth-order valence-electron chi connectivity index (χ4n) is 3.98. The van der Waals surface area contributed by atoms with E-state index < -0.39 is 0 Å². The van der Waals surface area contributed by atoms with Gasteiger partial charge in [0.15, 0.2) is 0 Å². The third kappa shape index (κ3) is 4.97. The Labute approximate surface area is 200 Å². The van der Waals surface area contributed by atoms with Gasteiger partial charge in [-0.1, -0.05) is 48.5 Å². The average Bonchev–Trinajstić information content (AvgIpc) is 3.03. The van der Waals surface area contributed by atoms with Gasteiger partial charge in [-0.3, -0.25) is 14.5 Å². The van der Waals surface area contributed by atoms with Gasteiger partial charge in [-0.25, -0.2) is 0 Å². The number of hydrogen-bond donors (Lipinski definition) is 1. The van der Waals surface area contributed by atoms with Gasteiger partial charge in [-0.05, 0) is 56.8 Å². The smallest absolute Gasteiger partial charge is 0.278 e. The van der Waals surface area contributed by atoms with E-state index in [1.807, 2.05) is 94.4 Å². The van der Waals surface area contributed by atoms with E-state index >= 15 is 0 Å². The van der Waals surface area contributed by atoms with Crippen LogP contribution in [0.15, 0.2) is 72.4 Å². The largest absolute Gasteiger partial charge is 0.491 e. The number of amides is 2. The minimum Gasteiger partial charge on any atom is -0.491 e. The van der Waals surface area contributed by atoms with Gasteiger partial charge in [0.25, 0.3) is 11.8 Å². The number of imide groups is 1. The summed E-state index contributed by atoms with van der Waals surface area (Å²) in [5, 5.41) is 5.30. The highest BCUT2D eigenvalue weighted by molar-refractivity contribution is 6.36. The fourth-order valence-corrected chi connectivity index (χ4v) is 3.98. The van der Waals surface area contributed by atoms with E-state index in [9.17, 15) is 9.59 Å². The van der Waals surface area contributed by atoms with Crippen LogP contribution in [0.1, 0.15) is 33.3 Å². The maximum absolute atomic E-state index is 13.4. The molecule has 2 amide bonds. The van der Waals surface area contributed by atoms with E-state index in [0.29, 0.717) is 16.9 Å². The highest BCUT2D eigenvalue weighted by Gasteiger charge is 2.39. The maximum Gasteiger partial charge on any atom is 0.278 e. The van der Waals surface area contributed by atoms with Gasteiger partial charge in [0.05, 0.1) is 30.9 Å². The Kier molecular flexibility index (Phi) is 6.98. The number of anilines is 1. The average molecular weight is 459 g/mol. The van der Waals surface area contributed by atoms with Crippen molar-refractivity contribution >= 4 is 33.8 Å². The van der Waals surface area contributed by atoms with Gasteiger partial charge >= 0.3 is 0 Å². The normalized spacial score (nSPS) is 14.1. The topological polar surface area (TPSA) is 67.9 Å². The number of benzene rings is 3. The summed E-state index contributed by atoms with van der Waals surface area (Å²) in [4.78, 5) is 28.1. The van der Waals surface area contributed by atoms with Crippen molar-refractivity contribution in [1.82, 2.24) is 4.90 Å². The van der Waals surface area contributed by atoms with Crippen molar-refractivity contribution in [3.05, 3.63) is 78.0 Å². The summed E-state index contributed by atoms with van der Waals surface area (Å²) in [6.07, 6.45) is 0.0572. The van der Waals surface area contributed by atoms with Crippen LogP contribution in [0.25, 0.3) is 16.3 Å². The molecule has 0 spiro atoms. The van der Waals surface area contributed by atoms with Gasteiger partial charge in [0, 0.05) is 11.1 Å². The number of rotatable bonds is 9. The van der Waals surface area contributed by atoms with Gasteiger partial charge in [-0.15, -0.1) is 0 Å². The summed E-state index contributed by atoms with van der Waals surface area (Å²) in [6.45, 7) is 8.23. The Morgan fingerprint density at radius 2 is 1.53 bits per heavy atom. The van der Waals surface area contributed by atoms with E-state index in [0.717, 1.165) is 16.5 Å². The summed E-state index contributed by atoms with van der Waals surface area (Å²) in [5.74, 6) is 0.0160. The number of nitrogens with one attached hydrogen (secondary N) is 1. The third-order valence-corrected chi connectivity index (χ3v) is 5.50. The first-order chi connectivity index (χ1) is 16.3. The zero-order valence-corrected chi connectivity index (χ0v) is 20.0. The SMILES string of the molecule is CC(C)OCCN1C(=O)C(Nc2cccc3ccccc23)=C(c2ccc(OC(C)C)cc2)C1=O. The van der Waals surface area contributed by atoms with Crippen molar-refractivity contribution in [3.63, 3.8) is 0 Å². The number of carbonyl (C=O) groups is 2. The van der Waals surface area contributed by atoms with Gasteiger partial charge in [0.2, 0.25) is 0 Å². The standard InChI is InChI=1S/C28H30N2O4/c1-18(2)33-17-16-30-27(31)25(21-12-14-22(15-13-21)34-19(3)4)26(28(30)32)29-24-11-7-9-20-8-5-6-10-23(20)24/h5-15,18-19,29H,16-17H2,1-4H3. The van der Waals surface area contributed by atoms with E-state index in [1.54, 1.807) is 0 Å². The lowest BCUT2D eigenvalue weighted by Crippen LogP contribution is -2.35. The van der Waals surface area contributed by atoms with Crippen molar-refractivity contribution in [2.45, 2.75) is 39.9 Å². The van der Waals surface area contributed by atoms with Crippen LogP contribution in [0.5, 0.6) is 5.75 Å². The molecule has 6 heteroatoms. The molecule has 0 aliphatic carbocycles. The predicted octanol–water partition coefficient (Wildman–Crippen LogP) is 5.24. The minimum absolute atomic E-state index is 0.0158. The summed E-state index contributed by atoms with van der Waals surface area (Å²) >= 11 is 0. The second-order valence-electron chi connectivity index (χ2n) is 8.77. The highest BCUT2D eigenvalue weighted by atomic mass is 16.5. The van der Waals surface area contributed by atoms with Gasteiger partial charge < -0.3 is 14.8 Å². The Morgan fingerprint density at radius 3 is 2.24 bits per heavy atom. The Hall–Kier alpha value is -3.64. The molecule has 0 bridgehead atoms. The molecule has 0 aromatic heterocycles. The molecule has 6 nitrogen and oxygen atoms in total. The van der Waals surface area contributed by atoms with E-state index in [4.69, 9.17) is 9.47 Å². The molecule has 3 aromatic rings. The molecule has 0 fully saturated rings. The van der Waals surface area contributed by atoms with Crippen LogP contribution in [0.2, 0.25) is 0 Å². The van der Waals surface area contributed by atoms with E-state index in [2.05, 4.69) is 5.32 Å². The first-order valence-electron chi connectivity index (χ1n) is 11.6. The predicted molar refractivity (Wildman–Crippen MR) is 135 cm³/mol. The lowest BCUT2D eigenvalue weighted by atomic mass is 10.0. The molecule has 0 radical (unpaired) electrons. The summed E-state index contributed by atoms with van der Waals surface area (Å²) < 4.78 is 11.3. The molecule has 0 atom stereocenters. The van der Waals surface area contributed by atoms with Crippen LogP contribution in [0.4, 0.5) is 5.69 Å². The van der Waals surface area contributed by atoms with Crippen LogP contribution in [0.3, 0.4) is 0 Å². The molecule has 1 heterocycles. The number of hydrogen-bond acceptors (Lipinski definition) is 5. The summed E-state index contributed by atoms with van der Waals surface area (Å²) in [7, 11) is 0. The molecule has 1 aliphatic heterocycles. The van der Waals surface area contributed by atoms with Crippen molar-refractivity contribution < 1.29 is 19.1 Å². The molecular formula is C28H30N2O4. The molecule has 1 aliphatic rings. The molecule has 0 saturated carbocycles. The monoisotopic (exact) mass is 458 g/mol. The first kappa shape index (κ1) is 23.5. The van der Waals surface area contributed by atoms with Crippen LogP contribution >= 0.6 is 0 Å². The van der Waals surface area contributed by atoms with Crippen molar-refractivity contribution in [2.24, 2.45) is 0 Å². The van der Waals surface area contributed by atoms with Gasteiger partial charge in [-0.2, -0.15) is 0 Å². The zero-order chi connectivity index (χ0) is 24.2. The summed E-state index contributed by atoms with van der Waals surface area (Å²) in [5.41, 5.74) is 2.04. The summed E-state index contributed by atoms with van der Waals surface area (Å²) in [6, 6.07) is 21.1. The van der Waals surface area contributed by atoms with Crippen LogP contribution < -0.4 is 10.1 Å². The van der Waals surface area contributed by atoms with Gasteiger partial charge in [0.1, 0.15) is 11.4 Å². The fraction of sp³-hybridized carbons (Fsp3) is 0.286. The lowest BCUT2D eigenvalue weighted by Gasteiger charge is -2.16. The second kappa shape index (κ2) is 10.1. The molecule has 34 heavy (non-hydrogen) atoms. The quantitative estimate of drug-likeness (QED) is 0.444. The molecule has 3 aromatic carbocycles. The van der Waals surface area contributed by atoms with Crippen LogP contribution in [0, 0.1) is 0 Å². The van der Waals surface area contributed by atoms with E-state index in [1.165, 1.54) is 4.90 Å². The lowest BCUT2D eigenvalue weighted by molar-refractivity contribution is -0.137. The molecule has 1 N–H and O–H groups in total. The Morgan fingerprint density at radius 1 is 0.824 bits per heavy atom. The number of carbonyl (C=O) groups excluding carboxylic acids is 2. The molecule has 4 rings (SSSR count). The van der Waals surface area contributed by atoms with Crippen LogP contribution in [-0.4, -0.2) is 42.1 Å². The van der Waals surface area contributed by atoms with Crippen molar-refractivity contribution in [2.75, 3.05) is 18.5 Å². The van der Waals surface area contributed by atoms with E-state index in [-0.39, 0.29) is 42.9 Å². The van der Waals surface area contributed by atoms with Crippen LogP contribution in [-0.2, 0) is 14.3 Å². The molecule has 0 saturated heterocycles. The first-order valence-corrected chi connectivity index (χ1v) is 11.6.